The van der Waals surface area contributed by atoms with Crippen LogP contribution in [0.3, 0.4) is 0 Å². The monoisotopic (exact) mass is 220 g/mol. The molecule has 2 aromatic carbocycles. The molecule has 3 heteroatoms. The van der Waals surface area contributed by atoms with Crippen LogP contribution in [0.1, 0.15) is 11.7 Å². The molecule has 2 rings (SSSR count). The van der Waals surface area contributed by atoms with Crippen molar-refractivity contribution < 1.29 is 9.90 Å². The lowest BCUT2D eigenvalue weighted by atomic mass is 10.0. The second-order valence-corrected chi connectivity index (χ2v) is 3.65. The van der Waals surface area contributed by atoms with Crippen LogP contribution >= 0.6 is 11.6 Å². The molecule has 0 aliphatic carbocycles. The number of benzene rings is 2. The van der Waals surface area contributed by atoms with Crippen LogP contribution < -0.4 is 0 Å². The van der Waals surface area contributed by atoms with Crippen molar-refractivity contribution >= 4 is 27.6 Å². The highest BCUT2D eigenvalue weighted by Gasteiger charge is 2.16. The molecule has 0 spiro atoms. The third-order valence-corrected chi connectivity index (χ3v) is 2.54. The average Bonchev–Trinajstić information content (AvgIpc) is 2.27. The van der Waals surface area contributed by atoms with Gasteiger partial charge in [-0.15, -0.1) is 0 Å². The normalized spacial score (nSPS) is 12.7. The number of carbonyl (C=O) groups excluding carboxylic acids is 1. The summed E-state index contributed by atoms with van der Waals surface area (Å²) in [5.41, 5.74) is 0.549. The highest BCUT2D eigenvalue weighted by atomic mass is 35.5. The molecule has 0 heterocycles. The van der Waals surface area contributed by atoms with E-state index in [2.05, 4.69) is 0 Å². The molecule has 0 radical (unpaired) electrons. The lowest BCUT2D eigenvalue weighted by Gasteiger charge is -2.09. The predicted octanol–water partition coefficient (Wildman–Crippen LogP) is 2.64. The molecule has 0 amide bonds. The summed E-state index contributed by atoms with van der Waals surface area (Å²) in [4.78, 5) is 10.9. The van der Waals surface area contributed by atoms with Gasteiger partial charge in [0.2, 0.25) is 0 Å². The maximum atomic E-state index is 10.9. The summed E-state index contributed by atoms with van der Waals surface area (Å²) in [5, 5.41) is 10.7. The summed E-state index contributed by atoms with van der Waals surface area (Å²) in [6.45, 7) is 0. The minimum atomic E-state index is -1.25. The summed E-state index contributed by atoms with van der Waals surface area (Å²) < 4.78 is 0. The van der Waals surface area contributed by atoms with Crippen LogP contribution in [-0.2, 0) is 4.79 Å². The number of halogens is 1. The Hall–Kier alpha value is -1.38. The van der Waals surface area contributed by atoms with Gasteiger partial charge in [-0.25, -0.2) is 0 Å². The first kappa shape index (κ1) is 10.1. The predicted molar refractivity (Wildman–Crippen MR) is 59.8 cm³/mol. The summed E-state index contributed by atoms with van der Waals surface area (Å²) >= 11 is 5.27. The Labute approximate surface area is 92.1 Å². The van der Waals surface area contributed by atoms with Gasteiger partial charge < -0.3 is 5.11 Å². The van der Waals surface area contributed by atoms with Gasteiger partial charge in [-0.1, -0.05) is 42.5 Å². The van der Waals surface area contributed by atoms with Gasteiger partial charge in [-0.2, -0.15) is 0 Å². The van der Waals surface area contributed by atoms with Crippen molar-refractivity contribution in [3.8, 4) is 0 Å². The van der Waals surface area contributed by atoms with E-state index in [1.807, 2.05) is 30.3 Å². The second kappa shape index (κ2) is 4.01. The summed E-state index contributed by atoms with van der Waals surface area (Å²) in [6.07, 6.45) is -1.25. The molecule has 0 saturated carbocycles. The van der Waals surface area contributed by atoms with E-state index in [0.29, 0.717) is 5.56 Å². The lowest BCUT2D eigenvalue weighted by molar-refractivity contribution is -0.119. The van der Waals surface area contributed by atoms with Gasteiger partial charge in [0.1, 0.15) is 0 Å². The molecular formula is C12H9ClO2. The topological polar surface area (TPSA) is 37.3 Å². The Kier molecular flexibility index (Phi) is 2.71. The smallest absolute Gasteiger partial charge is 0.254 e. The van der Waals surface area contributed by atoms with Gasteiger partial charge in [0.05, 0.1) is 0 Å². The van der Waals surface area contributed by atoms with Crippen molar-refractivity contribution in [2.75, 3.05) is 0 Å². The van der Waals surface area contributed by atoms with Crippen molar-refractivity contribution in [1.29, 1.82) is 0 Å². The number of aliphatic hydroxyl groups excluding tert-OH is 1. The van der Waals surface area contributed by atoms with Gasteiger partial charge >= 0.3 is 0 Å². The first-order valence-electron chi connectivity index (χ1n) is 4.55. The zero-order valence-corrected chi connectivity index (χ0v) is 8.61. The Bertz CT molecular complexity index is 502. The number of fused-ring (bicyclic) bond motifs is 1. The van der Waals surface area contributed by atoms with Crippen molar-refractivity contribution in [3.05, 3.63) is 48.0 Å². The zero-order valence-electron chi connectivity index (χ0n) is 7.85. The number of hydrogen-bond donors (Lipinski definition) is 1. The molecule has 1 unspecified atom stereocenters. The van der Waals surface area contributed by atoms with Crippen molar-refractivity contribution in [1.82, 2.24) is 0 Å². The minimum Gasteiger partial charge on any atom is -0.379 e. The molecule has 76 valence electrons. The van der Waals surface area contributed by atoms with Crippen LogP contribution in [0.25, 0.3) is 10.8 Å². The van der Waals surface area contributed by atoms with Gasteiger partial charge in [0, 0.05) is 0 Å². The largest absolute Gasteiger partial charge is 0.379 e. The Morgan fingerprint density at radius 1 is 1.13 bits per heavy atom. The standard InChI is InChI=1S/C12H9ClO2/c13-12(15)11(14)10-7-3-5-8-4-1-2-6-9(8)10/h1-7,11,14H. The first-order valence-corrected chi connectivity index (χ1v) is 4.93. The van der Waals surface area contributed by atoms with Crippen molar-refractivity contribution in [2.24, 2.45) is 0 Å². The molecule has 2 nitrogen and oxygen atoms in total. The van der Waals surface area contributed by atoms with Crippen LogP contribution in [0.5, 0.6) is 0 Å². The number of rotatable bonds is 2. The van der Waals surface area contributed by atoms with E-state index >= 15 is 0 Å². The van der Waals surface area contributed by atoms with Crippen LogP contribution in [0.2, 0.25) is 0 Å². The van der Waals surface area contributed by atoms with Crippen molar-refractivity contribution in [3.63, 3.8) is 0 Å². The maximum absolute atomic E-state index is 10.9. The molecular weight excluding hydrogens is 212 g/mol. The summed E-state index contributed by atoms with van der Waals surface area (Å²) in [5.74, 6) is 0. The van der Waals surface area contributed by atoms with E-state index in [9.17, 15) is 9.90 Å². The van der Waals surface area contributed by atoms with Gasteiger partial charge in [0.25, 0.3) is 5.24 Å². The highest BCUT2D eigenvalue weighted by molar-refractivity contribution is 6.64. The molecule has 0 fully saturated rings. The van der Waals surface area contributed by atoms with E-state index in [1.54, 1.807) is 12.1 Å². The van der Waals surface area contributed by atoms with E-state index in [-0.39, 0.29) is 0 Å². The van der Waals surface area contributed by atoms with Crippen LogP contribution in [-0.4, -0.2) is 10.3 Å². The highest BCUT2D eigenvalue weighted by Crippen LogP contribution is 2.25. The number of aliphatic hydroxyl groups is 1. The Balaban J connectivity index is 2.65. The number of hydrogen-bond acceptors (Lipinski definition) is 2. The van der Waals surface area contributed by atoms with Gasteiger partial charge in [-0.05, 0) is 27.9 Å². The first-order chi connectivity index (χ1) is 7.20. The van der Waals surface area contributed by atoms with E-state index in [0.717, 1.165) is 10.8 Å². The molecule has 0 aliphatic rings. The zero-order chi connectivity index (χ0) is 10.8. The third-order valence-electron chi connectivity index (χ3n) is 2.33. The fourth-order valence-electron chi connectivity index (χ4n) is 1.61. The van der Waals surface area contributed by atoms with Gasteiger partial charge in [0.15, 0.2) is 6.10 Å². The fourth-order valence-corrected chi connectivity index (χ4v) is 1.73. The van der Waals surface area contributed by atoms with E-state index in [4.69, 9.17) is 11.6 Å². The third kappa shape index (κ3) is 1.87. The van der Waals surface area contributed by atoms with Crippen molar-refractivity contribution in [2.45, 2.75) is 6.10 Å². The van der Waals surface area contributed by atoms with Crippen LogP contribution in [0, 0.1) is 0 Å². The number of carbonyl (C=O) groups is 1. The maximum Gasteiger partial charge on any atom is 0.254 e. The Morgan fingerprint density at radius 3 is 2.53 bits per heavy atom. The molecule has 0 aromatic heterocycles. The van der Waals surface area contributed by atoms with Crippen LogP contribution in [0.4, 0.5) is 0 Å². The minimum absolute atomic E-state index is 0.549. The molecule has 15 heavy (non-hydrogen) atoms. The average molecular weight is 221 g/mol. The van der Waals surface area contributed by atoms with E-state index in [1.165, 1.54) is 0 Å². The quantitative estimate of drug-likeness (QED) is 0.790. The Morgan fingerprint density at radius 2 is 1.80 bits per heavy atom. The SMILES string of the molecule is O=C(Cl)C(O)c1cccc2ccccc12. The summed E-state index contributed by atoms with van der Waals surface area (Å²) in [6, 6.07) is 13.0. The lowest BCUT2D eigenvalue weighted by Crippen LogP contribution is -2.05. The molecule has 0 aliphatic heterocycles. The molecule has 2 aromatic rings. The van der Waals surface area contributed by atoms with Crippen LogP contribution in [0.15, 0.2) is 42.5 Å². The molecule has 0 bridgehead atoms. The fraction of sp³-hybridized carbons (Fsp3) is 0.0833. The molecule has 0 saturated heterocycles. The summed E-state index contributed by atoms with van der Waals surface area (Å²) in [7, 11) is 0. The molecule has 1 atom stereocenters. The van der Waals surface area contributed by atoms with Gasteiger partial charge in [-0.3, -0.25) is 4.79 Å². The molecule has 1 N–H and O–H groups in total. The van der Waals surface area contributed by atoms with E-state index < -0.39 is 11.3 Å². The second-order valence-electron chi connectivity index (χ2n) is 3.28.